The van der Waals surface area contributed by atoms with Gasteiger partial charge in [0.2, 0.25) is 0 Å². The van der Waals surface area contributed by atoms with Crippen molar-refractivity contribution < 1.29 is 43.9 Å². The molecule has 2 aromatic rings. The molecule has 2 fully saturated rings. The Morgan fingerprint density at radius 3 is 2.68 bits per heavy atom. The third-order valence-electron chi connectivity index (χ3n) is 5.85. The van der Waals surface area contributed by atoms with E-state index in [9.17, 15) is 19.9 Å². The lowest BCUT2D eigenvalue weighted by atomic mass is 10.1. The van der Waals surface area contributed by atoms with E-state index in [0.29, 0.717) is 16.9 Å². The molecule has 1 aliphatic carbocycles. The second-order valence-electron chi connectivity index (χ2n) is 8.81. The van der Waals surface area contributed by atoms with E-state index in [1.807, 2.05) is 0 Å². The van der Waals surface area contributed by atoms with Crippen LogP contribution in [-0.4, -0.2) is 89.7 Å². The van der Waals surface area contributed by atoms with Gasteiger partial charge in [-0.3, -0.25) is 4.57 Å². The molecule has 2 aliphatic rings. The Labute approximate surface area is 195 Å². The van der Waals surface area contributed by atoms with E-state index in [4.69, 9.17) is 24.0 Å². The summed E-state index contributed by atoms with van der Waals surface area (Å²) in [5, 5.41) is 34.7. The quantitative estimate of drug-likeness (QED) is 0.244. The molecule has 0 aromatic carbocycles. The number of aliphatic hydroxyl groups is 3. The van der Waals surface area contributed by atoms with Crippen molar-refractivity contribution in [1.82, 2.24) is 14.5 Å². The van der Waals surface area contributed by atoms with E-state index in [1.165, 1.54) is 0 Å². The Hall–Kier alpha value is -1.83. The molecule has 5 atom stereocenters. The third kappa shape index (κ3) is 5.86. The molecule has 3 heterocycles. The molecular formula is C20H31N4O9P. The molecule has 190 valence electrons. The molecular weight excluding hydrogens is 471 g/mol. The number of fused-ring (bicyclic) bond motifs is 1. The van der Waals surface area contributed by atoms with Gasteiger partial charge in [0.05, 0.1) is 18.1 Å². The number of hydrogen-bond acceptors (Lipinski definition) is 10. The van der Waals surface area contributed by atoms with Crippen molar-refractivity contribution in [1.29, 1.82) is 0 Å². The van der Waals surface area contributed by atoms with Crippen LogP contribution in [-0.2, 0) is 14.0 Å². The fourth-order valence-electron chi connectivity index (χ4n) is 4.24. The predicted molar refractivity (Wildman–Crippen MR) is 119 cm³/mol. The molecule has 0 bridgehead atoms. The number of nitrogens with zero attached hydrogens (tertiary/aromatic N) is 3. The van der Waals surface area contributed by atoms with Gasteiger partial charge < -0.3 is 49.2 Å². The van der Waals surface area contributed by atoms with E-state index in [1.54, 1.807) is 23.8 Å². The summed E-state index contributed by atoms with van der Waals surface area (Å²) in [5.74, 6) is 0.561. The summed E-state index contributed by atoms with van der Waals surface area (Å²) < 4.78 is 28.9. The highest BCUT2D eigenvalue weighted by Crippen LogP contribution is 2.37. The zero-order chi connectivity index (χ0) is 24.5. The first-order chi connectivity index (χ1) is 16.1. The van der Waals surface area contributed by atoms with E-state index in [0.717, 1.165) is 25.7 Å². The maximum Gasteiger partial charge on any atom is 0.350 e. The number of aliphatic hydroxyl groups excluding tert-OH is 3. The average molecular weight is 502 g/mol. The van der Waals surface area contributed by atoms with Crippen LogP contribution in [0.4, 0.5) is 5.82 Å². The van der Waals surface area contributed by atoms with E-state index in [-0.39, 0.29) is 25.3 Å². The van der Waals surface area contributed by atoms with Crippen molar-refractivity contribution in [2.24, 2.45) is 0 Å². The minimum absolute atomic E-state index is 0.00463. The molecule has 1 aliphatic heterocycles. The van der Waals surface area contributed by atoms with Crippen LogP contribution in [0.5, 0.6) is 6.01 Å². The van der Waals surface area contributed by atoms with Gasteiger partial charge in [-0.2, -0.15) is 9.97 Å². The van der Waals surface area contributed by atoms with E-state index < -0.39 is 44.6 Å². The molecule has 0 radical (unpaired) electrons. The second-order valence-corrected chi connectivity index (χ2v) is 10.4. The molecule has 1 saturated carbocycles. The van der Waals surface area contributed by atoms with Gasteiger partial charge in [-0.15, -0.1) is 0 Å². The van der Waals surface area contributed by atoms with Crippen molar-refractivity contribution >= 4 is 24.4 Å². The molecule has 6 N–H and O–H groups in total. The zero-order valence-corrected chi connectivity index (χ0v) is 19.6. The summed E-state index contributed by atoms with van der Waals surface area (Å²) in [4.78, 5) is 26.8. The van der Waals surface area contributed by atoms with Crippen molar-refractivity contribution in [3.05, 3.63) is 12.3 Å². The number of nitrogens with one attached hydrogen (secondary N) is 1. The highest BCUT2D eigenvalue weighted by molar-refractivity contribution is 7.51. The SMILES string of the molecule is C[C@@H](O)COc1nc(NC2CCCC2)c2ccn([C@@H]3O[C@H](COCP(=O)(O)O)[C@@H](O)[C@H]3O)c2n1. The first kappa shape index (κ1) is 25.3. The highest BCUT2D eigenvalue weighted by atomic mass is 31.2. The maximum absolute atomic E-state index is 11.0. The molecule has 0 unspecified atom stereocenters. The summed E-state index contributed by atoms with van der Waals surface area (Å²) in [6.45, 7) is 1.26. The summed E-state index contributed by atoms with van der Waals surface area (Å²) >= 11 is 0. The summed E-state index contributed by atoms with van der Waals surface area (Å²) in [6.07, 6.45) is -0.328. The Kier molecular flexibility index (Phi) is 7.75. The molecule has 2 aromatic heterocycles. The largest absolute Gasteiger partial charge is 0.461 e. The van der Waals surface area contributed by atoms with Gasteiger partial charge in [-0.25, -0.2) is 0 Å². The first-order valence-corrected chi connectivity index (χ1v) is 13.0. The number of hydrogen-bond donors (Lipinski definition) is 6. The minimum Gasteiger partial charge on any atom is -0.461 e. The van der Waals surface area contributed by atoms with Gasteiger partial charge in [0.25, 0.3) is 0 Å². The summed E-state index contributed by atoms with van der Waals surface area (Å²) in [6, 6.07) is 2.07. The lowest BCUT2D eigenvalue weighted by Crippen LogP contribution is -2.33. The maximum atomic E-state index is 11.0. The Balaban J connectivity index is 1.60. The predicted octanol–water partition coefficient (Wildman–Crippen LogP) is 0.316. The van der Waals surface area contributed by atoms with Crippen LogP contribution >= 0.6 is 7.60 Å². The molecule has 0 amide bonds. The zero-order valence-electron chi connectivity index (χ0n) is 18.7. The summed E-state index contributed by atoms with van der Waals surface area (Å²) in [5.41, 5.74) is 0.393. The molecule has 4 rings (SSSR count). The molecule has 13 nitrogen and oxygen atoms in total. The summed E-state index contributed by atoms with van der Waals surface area (Å²) in [7, 11) is -4.37. The van der Waals surface area contributed by atoms with Crippen LogP contribution in [0.3, 0.4) is 0 Å². The van der Waals surface area contributed by atoms with Gasteiger partial charge in [0.15, 0.2) is 11.9 Å². The van der Waals surface area contributed by atoms with Crippen molar-refractivity contribution in [3.63, 3.8) is 0 Å². The van der Waals surface area contributed by atoms with Gasteiger partial charge in [-0.05, 0) is 25.8 Å². The fourth-order valence-corrected chi connectivity index (χ4v) is 4.58. The standard InChI is InChI=1S/C20H31N4O9P/c1-11(25)8-32-20-22-17(21-12-4-2-3-5-12)13-6-7-24(18(13)23-20)19-16(27)15(26)14(33-19)9-31-10-34(28,29)30/h6-7,11-12,14-16,19,25-27H,2-5,8-10H2,1H3,(H,21,22,23)(H2,28,29,30)/t11-,14-,15-,16-,19-/m1/s1. The monoisotopic (exact) mass is 502 g/mol. The van der Waals surface area contributed by atoms with Crippen LogP contribution in [0.25, 0.3) is 11.0 Å². The Bertz CT molecular complexity index is 1020. The average Bonchev–Trinajstić information content (AvgIpc) is 3.48. The van der Waals surface area contributed by atoms with Crippen molar-refractivity contribution in [2.75, 3.05) is 24.9 Å². The normalized spacial score (nSPS) is 26.9. The van der Waals surface area contributed by atoms with E-state index in [2.05, 4.69) is 15.3 Å². The topological polar surface area (TPSA) is 189 Å². The smallest absolute Gasteiger partial charge is 0.350 e. The van der Waals surface area contributed by atoms with Gasteiger partial charge in [0.1, 0.15) is 37.1 Å². The van der Waals surface area contributed by atoms with Crippen molar-refractivity contribution in [2.45, 2.75) is 69.3 Å². The van der Waals surface area contributed by atoms with Gasteiger partial charge in [0, 0.05) is 12.2 Å². The van der Waals surface area contributed by atoms with Crippen molar-refractivity contribution in [3.8, 4) is 6.01 Å². The number of ether oxygens (including phenoxy) is 3. The molecule has 0 spiro atoms. The van der Waals surface area contributed by atoms with Crippen LogP contribution < -0.4 is 10.1 Å². The highest BCUT2D eigenvalue weighted by Gasteiger charge is 2.44. The Morgan fingerprint density at radius 1 is 1.26 bits per heavy atom. The van der Waals surface area contributed by atoms with Crippen LogP contribution in [0, 0.1) is 0 Å². The lowest BCUT2D eigenvalue weighted by Gasteiger charge is -2.19. The van der Waals surface area contributed by atoms with Crippen LogP contribution in [0.1, 0.15) is 38.8 Å². The second kappa shape index (κ2) is 10.4. The minimum atomic E-state index is -4.37. The van der Waals surface area contributed by atoms with Gasteiger partial charge >= 0.3 is 13.6 Å². The lowest BCUT2D eigenvalue weighted by molar-refractivity contribution is -0.0611. The van der Waals surface area contributed by atoms with Crippen LogP contribution in [0.15, 0.2) is 12.3 Å². The van der Waals surface area contributed by atoms with Gasteiger partial charge in [-0.1, -0.05) is 12.8 Å². The van der Waals surface area contributed by atoms with E-state index >= 15 is 0 Å². The molecule has 34 heavy (non-hydrogen) atoms. The fraction of sp³-hybridized carbons (Fsp3) is 0.700. The van der Waals surface area contributed by atoms with Crippen LogP contribution in [0.2, 0.25) is 0 Å². The molecule has 1 saturated heterocycles. The molecule has 14 heteroatoms. The third-order valence-corrected chi connectivity index (χ3v) is 6.37. The number of rotatable bonds is 10. The Morgan fingerprint density at radius 2 is 2.00 bits per heavy atom. The number of anilines is 1. The number of aromatic nitrogens is 3. The first-order valence-electron chi connectivity index (χ1n) is 11.2.